The number of hydrogen-bond acceptors (Lipinski definition) is 6. The molecule has 0 unspecified atom stereocenters. The van der Waals surface area contributed by atoms with E-state index in [0.29, 0.717) is 39.6 Å². The van der Waals surface area contributed by atoms with E-state index >= 15 is 0 Å². The van der Waals surface area contributed by atoms with Crippen molar-refractivity contribution in [3.63, 3.8) is 0 Å². The van der Waals surface area contributed by atoms with Gasteiger partial charge in [-0.15, -0.1) is 10.2 Å². The zero-order valence-corrected chi connectivity index (χ0v) is 16.5. The number of benzene rings is 2. The Morgan fingerprint density at radius 2 is 1.93 bits per heavy atom. The average Bonchev–Trinajstić information content (AvgIpc) is 3.28. The average molecular weight is 447 g/mol. The zero-order valence-electron chi connectivity index (χ0n) is 14.1. The number of hydrogen-bond donors (Lipinski definition) is 0. The fraction of sp³-hybridized carbons (Fsp3) is 0.105. The summed E-state index contributed by atoms with van der Waals surface area (Å²) in [6.45, 7) is 1.90. The molecule has 2 aromatic heterocycles. The predicted octanol–water partition coefficient (Wildman–Crippen LogP) is 5.69. The molecule has 8 heteroatoms. The van der Waals surface area contributed by atoms with Crippen molar-refractivity contribution in [3.05, 3.63) is 69.7 Å². The van der Waals surface area contributed by atoms with E-state index in [2.05, 4.69) is 31.3 Å². The second-order valence-corrected chi connectivity index (χ2v) is 7.02. The second kappa shape index (κ2) is 7.54. The van der Waals surface area contributed by atoms with Gasteiger partial charge in [0.15, 0.2) is 6.61 Å². The van der Waals surface area contributed by atoms with E-state index in [1.807, 2.05) is 36.4 Å². The first-order valence-electron chi connectivity index (χ1n) is 8.04. The maximum Gasteiger partial charge on any atom is 0.254 e. The molecule has 2 heterocycles. The van der Waals surface area contributed by atoms with E-state index in [1.165, 1.54) is 0 Å². The Hall–Kier alpha value is -2.64. The molecule has 4 aromatic rings. The third-order valence-corrected chi connectivity index (χ3v) is 4.62. The highest BCUT2D eigenvalue weighted by atomic mass is 79.9. The van der Waals surface area contributed by atoms with Gasteiger partial charge >= 0.3 is 0 Å². The summed E-state index contributed by atoms with van der Waals surface area (Å²) in [7, 11) is 0. The lowest BCUT2D eigenvalue weighted by atomic mass is 10.1. The van der Waals surface area contributed by atoms with E-state index in [4.69, 9.17) is 25.3 Å². The molecule has 0 atom stereocenters. The Balaban J connectivity index is 1.58. The van der Waals surface area contributed by atoms with Gasteiger partial charge in [-0.05, 0) is 25.1 Å². The minimum atomic E-state index is 0.0966. The van der Waals surface area contributed by atoms with Crippen LogP contribution in [-0.4, -0.2) is 15.4 Å². The lowest BCUT2D eigenvalue weighted by molar-refractivity contribution is 0.264. The van der Waals surface area contributed by atoms with Crippen LogP contribution in [-0.2, 0) is 6.61 Å². The molecule has 0 bridgehead atoms. The van der Waals surface area contributed by atoms with Gasteiger partial charge in [0.1, 0.15) is 22.8 Å². The molecule has 0 saturated carbocycles. The molecule has 0 amide bonds. The van der Waals surface area contributed by atoms with Crippen LogP contribution in [0.15, 0.2) is 61.9 Å². The van der Waals surface area contributed by atoms with Gasteiger partial charge < -0.3 is 13.7 Å². The minimum Gasteiger partial charge on any atom is -0.482 e. The normalized spacial score (nSPS) is 10.9. The Morgan fingerprint density at radius 3 is 2.70 bits per heavy atom. The molecule has 2 aromatic carbocycles. The lowest BCUT2D eigenvalue weighted by Crippen LogP contribution is -1.96. The van der Waals surface area contributed by atoms with Gasteiger partial charge in [-0.25, -0.2) is 0 Å². The van der Waals surface area contributed by atoms with Gasteiger partial charge in [0.05, 0.1) is 5.02 Å². The first-order chi connectivity index (χ1) is 13.1. The lowest BCUT2D eigenvalue weighted by Gasteiger charge is -2.05. The largest absolute Gasteiger partial charge is 0.482 e. The monoisotopic (exact) mass is 445 g/mol. The third kappa shape index (κ3) is 3.74. The summed E-state index contributed by atoms with van der Waals surface area (Å²) in [5, 5.41) is 12.8. The summed E-state index contributed by atoms with van der Waals surface area (Å²) in [4.78, 5) is 0. The van der Waals surface area contributed by atoms with Gasteiger partial charge in [0.25, 0.3) is 11.8 Å². The Labute approximate surface area is 168 Å². The standard InChI is InChI=1S/C19H13BrClN3O3/c1-11-17(18(24-27-11)12-5-3-2-4-6-12)19-23-22-16(26-19)10-25-15-8-7-13(20)9-14(15)21/h2-9H,10H2,1H3. The van der Waals surface area contributed by atoms with E-state index in [0.717, 1.165) is 10.0 Å². The van der Waals surface area contributed by atoms with Crippen LogP contribution in [0.3, 0.4) is 0 Å². The maximum atomic E-state index is 6.15. The topological polar surface area (TPSA) is 74.2 Å². The van der Waals surface area contributed by atoms with Crippen molar-refractivity contribution in [2.24, 2.45) is 0 Å². The molecule has 0 saturated heterocycles. The number of aromatic nitrogens is 3. The van der Waals surface area contributed by atoms with Crippen molar-refractivity contribution in [1.29, 1.82) is 0 Å². The van der Waals surface area contributed by atoms with Crippen molar-refractivity contribution in [2.75, 3.05) is 0 Å². The Kier molecular flexibility index (Phi) is 4.96. The molecule has 0 spiro atoms. The molecular formula is C19H13BrClN3O3. The van der Waals surface area contributed by atoms with Crippen molar-refractivity contribution in [2.45, 2.75) is 13.5 Å². The van der Waals surface area contributed by atoms with Crippen molar-refractivity contribution < 1.29 is 13.7 Å². The first-order valence-corrected chi connectivity index (χ1v) is 9.21. The van der Waals surface area contributed by atoms with Crippen LogP contribution in [0.5, 0.6) is 5.75 Å². The predicted molar refractivity (Wildman–Crippen MR) is 103 cm³/mol. The van der Waals surface area contributed by atoms with Crippen molar-refractivity contribution >= 4 is 27.5 Å². The van der Waals surface area contributed by atoms with E-state index in [-0.39, 0.29) is 6.61 Å². The molecule has 0 fully saturated rings. The molecule has 27 heavy (non-hydrogen) atoms. The molecular weight excluding hydrogens is 434 g/mol. The number of nitrogens with zero attached hydrogens (tertiary/aromatic N) is 3. The van der Waals surface area contributed by atoms with Gasteiger partial charge in [-0.2, -0.15) is 0 Å². The highest BCUT2D eigenvalue weighted by molar-refractivity contribution is 9.10. The highest BCUT2D eigenvalue weighted by Gasteiger charge is 2.22. The van der Waals surface area contributed by atoms with Crippen LogP contribution in [0, 0.1) is 6.92 Å². The summed E-state index contributed by atoms with van der Waals surface area (Å²) in [6.07, 6.45) is 0. The molecule has 0 aliphatic rings. The van der Waals surface area contributed by atoms with E-state index < -0.39 is 0 Å². The van der Waals surface area contributed by atoms with Crippen molar-refractivity contribution in [1.82, 2.24) is 15.4 Å². The van der Waals surface area contributed by atoms with Crippen LogP contribution in [0.1, 0.15) is 11.7 Å². The summed E-state index contributed by atoms with van der Waals surface area (Å²) in [6, 6.07) is 15.0. The molecule has 0 radical (unpaired) electrons. The molecule has 4 rings (SSSR count). The van der Waals surface area contributed by atoms with Crippen LogP contribution >= 0.6 is 27.5 Å². The van der Waals surface area contributed by atoms with Gasteiger partial charge in [-0.1, -0.05) is 63.0 Å². The molecule has 0 N–H and O–H groups in total. The summed E-state index contributed by atoms with van der Waals surface area (Å²) >= 11 is 9.50. The number of aryl methyl sites for hydroxylation is 1. The second-order valence-electron chi connectivity index (χ2n) is 5.69. The summed E-state index contributed by atoms with van der Waals surface area (Å²) in [5.74, 6) is 1.78. The Bertz CT molecular complexity index is 1080. The molecule has 136 valence electrons. The molecule has 0 aliphatic heterocycles. The van der Waals surface area contributed by atoms with Crippen LogP contribution in [0.25, 0.3) is 22.7 Å². The highest BCUT2D eigenvalue weighted by Crippen LogP contribution is 2.33. The van der Waals surface area contributed by atoms with Crippen molar-refractivity contribution in [3.8, 4) is 28.5 Å². The number of rotatable bonds is 5. The zero-order chi connectivity index (χ0) is 18.8. The number of ether oxygens (including phenoxy) is 1. The van der Waals surface area contributed by atoms with Gasteiger partial charge in [-0.3, -0.25) is 0 Å². The summed E-state index contributed by atoms with van der Waals surface area (Å²) < 4.78 is 17.6. The van der Waals surface area contributed by atoms with Gasteiger partial charge in [0, 0.05) is 10.0 Å². The molecule has 0 aliphatic carbocycles. The third-order valence-electron chi connectivity index (χ3n) is 3.84. The fourth-order valence-electron chi connectivity index (χ4n) is 2.56. The Morgan fingerprint density at radius 1 is 1.11 bits per heavy atom. The first kappa shape index (κ1) is 17.8. The van der Waals surface area contributed by atoms with E-state index in [1.54, 1.807) is 19.1 Å². The SMILES string of the molecule is Cc1onc(-c2ccccc2)c1-c1nnc(COc2ccc(Br)cc2Cl)o1. The smallest absolute Gasteiger partial charge is 0.254 e. The number of halogens is 2. The maximum absolute atomic E-state index is 6.15. The quantitative estimate of drug-likeness (QED) is 0.392. The fourth-order valence-corrected chi connectivity index (χ4v) is 3.29. The van der Waals surface area contributed by atoms with Crippen LogP contribution < -0.4 is 4.74 Å². The van der Waals surface area contributed by atoms with E-state index in [9.17, 15) is 0 Å². The molecule has 6 nitrogen and oxygen atoms in total. The minimum absolute atomic E-state index is 0.0966. The summed E-state index contributed by atoms with van der Waals surface area (Å²) in [5.41, 5.74) is 2.23. The van der Waals surface area contributed by atoms with Crippen LogP contribution in [0.2, 0.25) is 5.02 Å². The van der Waals surface area contributed by atoms with Gasteiger partial charge in [0.2, 0.25) is 0 Å². The van der Waals surface area contributed by atoms with Crippen LogP contribution in [0.4, 0.5) is 0 Å².